The van der Waals surface area contributed by atoms with Crippen LogP contribution in [-0.4, -0.2) is 52.4 Å². The smallest absolute Gasteiger partial charge is 0.225 e. The fourth-order valence-electron chi connectivity index (χ4n) is 3.13. The minimum Gasteiger partial charge on any atom is -0.343 e. The first-order valence-corrected chi connectivity index (χ1v) is 8.56. The standard InChI is InChI=1S/C14H23N5OS.2ClH/c1-2-12-16-14(21-17-12)19-7-5-18(6-8-19)13(20)10-3-4-11(15)9-10;;/h10-11H,2-9,15H2,1H3;2*1H. The number of halogens is 2. The fourth-order valence-corrected chi connectivity index (χ4v) is 3.94. The highest BCUT2D eigenvalue weighted by Gasteiger charge is 2.32. The summed E-state index contributed by atoms with van der Waals surface area (Å²) < 4.78 is 4.33. The molecule has 2 fully saturated rings. The molecular formula is C14H25Cl2N5OS. The quantitative estimate of drug-likeness (QED) is 0.862. The van der Waals surface area contributed by atoms with Gasteiger partial charge in [0, 0.05) is 56.1 Å². The molecule has 1 aromatic rings. The van der Waals surface area contributed by atoms with Gasteiger partial charge in [-0.05, 0) is 19.3 Å². The van der Waals surface area contributed by atoms with Gasteiger partial charge in [-0.3, -0.25) is 4.79 Å². The SMILES string of the molecule is CCc1nsc(N2CCN(C(=O)C3CCC(N)C3)CC2)n1.Cl.Cl. The predicted molar refractivity (Wildman–Crippen MR) is 97.9 cm³/mol. The molecule has 0 bridgehead atoms. The summed E-state index contributed by atoms with van der Waals surface area (Å²) in [5.41, 5.74) is 5.91. The highest BCUT2D eigenvalue weighted by atomic mass is 35.5. The Balaban J connectivity index is 0.00000132. The monoisotopic (exact) mass is 381 g/mol. The van der Waals surface area contributed by atoms with Crippen molar-refractivity contribution in [2.75, 3.05) is 31.1 Å². The Morgan fingerprint density at radius 2 is 1.96 bits per heavy atom. The van der Waals surface area contributed by atoms with E-state index in [1.54, 1.807) is 0 Å². The molecule has 132 valence electrons. The van der Waals surface area contributed by atoms with Gasteiger partial charge in [-0.25, -0.2) is 4.98 Å². The van der Waals surface area contributed by atoms with E-state index in [4.69, 9.17) is 5.73 Å². The lowest BCUT2D eigenvalue weighted by molar-refractivity contribution is -0.135. The summed E-state index contributed by atoms with van der Waals surface area (Å²) in [5, 5.41) is 0.988. The van der Waals surface area contributed by atoms with Crippen molar-refractivity contribution in [3.63, 3.8) is 0 Å². The molecule has 2 heterocycles. The third kappa shape index (κ3) is 4.68. The molecule has 23 heavy (non-hydrogen) atoms. The van der Waals surface area contributed by atoms with Crippen LogP contribution in [0.2, 0.25) is 0 Å². The molecule has 0 radical (unpaired) electrons. The van der Waals surface area contributed by atoms with Gasteiger partial charge < -0.3 is 15.5 Å². The highest BCUT2D eigenvalue weighted by molar-refractivity contribution is 7.09. The zero-order chi connectivity index (χ0) is 14.8. The van der Waals surface area contributed by atoms with Gasteiger partial charge in [0.25, 0.3) is 0 Å². The van der Waals surface area contributed by atoms with Gasteiger partial charge in [0.2, 0.25) is 11.0 Å². The van der Waals surface area contributed by atoms with Crippen LogP contribution in [-0.2, 0) is 11.2 Å². The number of rotatable bonds is 3. The number of carbonyl (C=O) groups is 1. The second-order valence-electron chi connectivity index (χ2n) is 5.93. The van der Waals surface area contributed by atoms with Crippen LogP contribution in [0.3, 0.4) is 0 Å². The molecule has 0 spiro atoms. The highest BCUT2D eigenvalue weighted by Crippen LogP contribution is 2.27. The average molecular weight is 382 g/mol. The molecule has 1 amide bonds. The van der Waals surface area contributed by atoms with E-state index in [2.05, 4.69) is 21.2 Å². The van der Waals surface area contributed by atoms with Gasteiger partial charge in [-0.1, -0.05) is 6.92 Å². The lowest BCUT2D eigenvalue weighted by Crippen LogP contribution is -2.50. The number of anilines is 1. The molecular weight excluding hydrogens is 357 g/mol. The number of aryl methyl sites for hydroxylation is 1. The number of nitrogens with zero attached hydrogens (tertiary/aromatic N) is 4. The van der Waals surface area contributed by atoms with Crippen molar-refractivity contribution < 1.29 is 4.79 Å². The van der Waals surface area contributed by atoms with Gasteiger partial charge in [0.05, 0.1) is 0 Å². The molecule has 2 atom stereocenters. The second kappa shape index (κ2) is 9.01. The minimum absolute atomic E-state index is 0. The zero-order valence-corrected chi connectivity index (χ0v) is 15.8. The van der Waals surface area contributed by atoms with Crippen LogP contribution in [0.5, 0.6) is 0 Å². The first-order chi connectivity index (χ1) is 10.2. The van der Waals surface area contributed by atoms with Crippen molar-refractivity contribution in [2.24, 2.45) is 11.7 Å². The summed E-state index contributed by atoms with van der Waals surface area (Å²) in [6.07, 6.45) is 3.67. The summed E-state index contributed by atoms with van der Waals surface area (Å²) in [6, 6.07) is 0.217. The topological polar surface area (TPSA) is 75.4 Å². The zero-order valence-electron chi connectivity index (χ0n) is 13.3. The van der Waals surface area contributed by atoms with E-state index in [9.17, 15) is 4.79 Å². The summed E-state index contributed by atoms with van der Waals surface area (Å²) in [5.74, 6) is 1.36. The molecule has 2 unspecified atom stereocenters. The average Bonchev–Trinajstić information content (AvgIpc) is 3.15. The number of amides is 1. The molecule has 0 aromatic carbocycles. The van der Waals surface area contributed by atoms with E-state index in [0.717, 1.165) is 62.8 Å². The summed E-state index contributed by atoms with van der Waals surface area (Å²) in [4.78, 5) is 21.2. The van der Waals surface area contributed by atoms with Gasteiger partial charge in [-0.2, -0.15) is 4.37 Å². The van der Waals surface area contributed by atoms with Crippen LogP contribution in [0.15, 0.2) is 0 Å². The van der Waals surface area contributed by atoms with Crippen molar-refractivity contribution in [1.29, 1.82) is 0 Å². The Morgan fingerprint density at radius 3 is 2.48 bits per heavy atom. The van der Waals surface area contributed by atoms with E-state index in [1.165, 1.54) is 11.5 Å². The number of piperazine rings is 1. The Labute approximate surface area is 153 Å². The van der Waals surface area contributed by atoms with Gasteiger partial charge in [0.1, 0.15) is 5.82 Å². The maximum Gasteiger partial charge on any atom is 0.225 e. The van der Waals surface area contributed by atoms with Crippen LogP contribution < -0.4 is 10.6 Å². The third-order valence-corrected chi connectivity index (χ3v) is 5.27. The van der Waals surface area contributed by atoms with Crippen LogP contribution >= 0.6 is 36.3 Å². The number of carbonyl (C=O) groups excluding carboxylic acids is 1. The van der Waals surface area contributed by atoms with Crippen LogP contribution in [0.1, 0.15) is 32.0 Å². The lowest BCUT2D eigenvalue weighted by Gasteiger charge is -2.35. The normalized spacial score (nSPS) is 24.1. The van der Waals surface area contributed by atoms with E-state index in [-0.39, 0.29) is 36.8 Å². The molecule has 2 aliphatic rings. The fraction of sp³-hybridized carbons (Fsp3) is 0.786. The largest absolute Gasteiger partial charge is 0.343 e. The first kappa shape index (κ1) is 20.4. The van der Waals surface area contributed by atoms with Crippen molar-refractivity contribution in [2.45, 2.75) is 38.6 Å². The van der Waals surface area contributed by atoms with Crippen molar-refractivity contribution >= 4 is 47.4 Å². The lowest BCUT2D eigenvalue weighted by atomic mass is 10.1. The van der Waals surface area contributed by atoms with E-state index in [0.29, 0.717) is 5.91 Å². The summed E-state index contributed by atoms with van der Waals surface area (Å²) >= 11 is 1.46. The molecule has 3 rings (SSSR count). The Bertz CT molecular complexity index is 507. The molecule has 6 nitrogen and oxygen atoms in total. The van der Waals surface area contributed by atoms with E-state index in [1.807, 2.05) is 4.90 Å². The molecule has 1 saturated carbocycles. The van der Waals surface area contributed by atoms with Crippen LogP contribution in [0.25, 0.3) is 0 Å². The third-order valence-electron chi connectivity index (χ3n) is 4.46. The van der Waals surface area contributed by atoms with Gasteiger partial charge >= 0.3 is 0 Å². The maximum atomic E-state index is 12.5. The molecule has 1 aromatic heterocycles. The van der Waals surface area contributed by atoms with Gasteiger partial charge in [-0.15, -0.1) is 24.8 Å². The minimum atomic E-state index is 0. The predicted octanol–water partition coefficient (Wildman–Crippen LogP) is 1.72. The van der Waals surface area contributed by atoms with Crippen LogP contribution in [0.4, 0.5) is 5.13 Å². The number of hydrogen-bond donors (Lipinski definition) is 1. The second-order valence-corrected chi connectivity index (χ2v) is 6.66. The first-order valence-electron chi connectivity index (χ1n) is 7.79. The summed E-state index contributed by atoms with van der Waals surface area (Å²) in [6.45, 7) is 5.33. The summed E-state index contributed by atoms with van der Waals surface area (Å²) in [7, 11) is 0. The van der Waals surface area contributed by atoms with Crippen molar-refractivity contribution in [3.8, 4) is 0 Å². The Hall–Kier alpha value is -0.630. The van der Waals surface area contributed by atoms with Crippen molar-refractivity contribution in [1.82, 2.24) is 14.3 Å². The number of aromatic nitrogens is 2. The molecule has 9 heteroatoms. The molecule has 1 saturated heterocycles. The Kier molecular flexibility index (Phi) is 8.00. The number of hydrogen-bond acceptors (Lipinski definition) is 6. The van der Waals surface area contributed by atoms with E-state index >= 15 is 0 Å². The Morgan fingerprint density at radius 1 is 1.26 bits per heavy atom. The maximum absolute atomic E-state index is 12.5. The van der Waals surface area contributed by atoms with E-state index < -0.39 is 0 Å². The van der Waals surface area contributed by atoms with Crippen molar-refractivity contribution in [3.05, 3.63) is 5.82 Å². The number of nitrogens with two attached hydrogens (primary N) is 1. The van der Waals surface area contributed by atoms with Crippen LogP contribution in [0, 0.1) is 5.92 Å². The molecule has 1 aliphatic heterocycles. The molecule has 2 N–H and O–H groups in total. The van der Waals surface area contributed by atoms with Gasteiger partial charge in [0.15, 0.2) is 0 Å². The molecule has 1 aliphatic carbocycles.